The molecule has 2 aromatic rings. The van der Waals surface area contributed by atoms with Gasteiger partial charge in [-0.15, -0.1) is 0 Å². The van der Waals surface area contributed by atoms with Gasteiger partial charge in [-0.3, -0.25) is 4.79 Å². The Balaban J connectivity index is 2.10. The zero-order valence-corrected chi connectivity index (χ0v) is 11.2. The maximum atomic E-state index is 12.0. The van der Waals surface area contributed by atoms with E-state index in [-0.39, 0.29) is 17.2 Å². The number of amides is 1. The standard InChI is InChI=1S/C15H14ClNO2/c1-10-6-7-14(18)12(8-10)15(19)17-9-11-4-2-3-5-13(11)16/h2-8,18H,9H2,1H3,(H,17,19). The van der Waals surface area contributed by atoms with E-state index in [1.165, 1.54) is 6.07 Å². The summed E-state index contributed by atoms with van der Waals surface area (Å²) < 4.78 is 0. The van der Waals surface area contributed by atoms with Crippen molar-refractivity contribution in [3.8, 4) is 5.75 Å². The van der Waals surface area contributed by atoms with Crippen LogP contribution in [0.1, 0.15) is 21.5 Å². The number of halogens is 1. The maximum Gasteiger partial charge on any atom is 0.255 e. The Morgan fingerprint density at radius 2 is 2.00 bits per heavy atom. The van der Waals surface area contributed by atoms with Crippen LogP contribution in [-0.2, 0) is 6.54 Å². The first kappa shape index (κ1) is 13.4. The highest BCUT2D eigenvalue weighted by molar-refractivity contribution is 6.31. The zero-order valence-electron chi connectivity index (χ0n) is 10.5. The summed E-state index contributed by atoms with van der Waals surface area (Å²) in [5.74, 6) is -0.344. The quantitative estimate of drug-likeness (QED) is 0.903. The summed E-state index contributed by atoms with van der Waals surface area (Å²) >= 11 is 6.01. The van der Waals surface area contributed by atoms with Gasteiger partial charge in [-0.2, -0.15) is 0 Å². The van der Waals surface area contributed by atoms with Crippen LogP contribution in [0.2, 0.25) is 5.02 Å². The number of carbonyl (C=O) groups is 1. The summed E-state index contributed by atoms with van der Waals surface area (Å²) in [4.78, 5) is 12.0. The molecule has 1 amide bonds. The second-order valence-electron chi connectivity index (χ2n) is 4.29. The third-order valence-corrected chi connectivity index (χ3v) is 3.16. The molecule has 0 atom stereocenters. The molecular weight excluding hydrogens is 262 g/mol. The molecular formula is C15H14ClNO2. The monoisotopic (exact) mass is 275 g/mol. The van der Waals surface area contributed by atoms with Gasteiger partial charge in [0.1, 0.15) is 5.75 Å². The summed E-state index contributed by atoms with van der Waals surface area (Å²) in [6.07, 6.45) is 0. The van der Waals surface area contributed by atoms with E-state index in [2.05, 4.69) is 5.32 Å². The van der Waals surface area contributed by atoms with Gasteiger partial charge in [-0.05, 0) is 30.7 Å². The predicted octanol–water partition coefficient (Wildman–Crippen LogP) is 3.28. The van der Waals surface area contributed by atoms with E-state index in [0.717, 1.165) is 11.1 Å². The Bertz CT molecular complexity index is 611. The van der Waals surface area contributed by atoms with Crippen molar-refractivity contribution in [1.29, 1.82) is 0 Å². The SMILES string of the molecule is Cc1ccc(O)c(C(=O)NCc2ccccc2Cl)c1. The molecule has 2 rings (SSSR count). The summed E-state index contributed by atoms with van der Waals surface area (Å²) in [6, 6.07) is 12.2. The number of rotatable bonds is 3. The minimum Gasteiger partial charge on any atom is -0.507 e. The van der Waals surface area contributed by atoms with Crippen LogP contribution in [0.25, 0.3) is 0 Å². The number of carbonyl (C=O) groups excluding carboxylic acids is 1. The van der Waals surface area contributed by atoms with Crippen molar-refractivity contribution >= 4 is 17.5 Å². The first-order valence-electron chi connectivity index (χ1n) is 5.89. The molecule has 3 nitrogen and oxygen atoms in total. The molecule has 0 saturated heterocycles. The van der Waals surface area contributed by atoms with Gasteiger partial charge in [0.05, 0.1) is 5.56 Å². The molecule has 0 heterocycles. The van der Waals surface area contributed by atoms with E-state index >= 15 is 0 Å². The van der Waals surface area contributed by atoms with Gasteiger partial charge in [0.25, 0.3) is 5.91 Å². The van der Waals surface area contributed by atoms with Gasteiger partial charge >= 0.3 is 0 Å². The Morgan fingerprint density at radius 1 is 1.26 bits per heavy atom. The maximum absolute atomic E-state index is 12.0. The lowest BCUT2D eigenvalue weighted by atomic mass is 10.1. The topological polar surface area (TPSA) is 49.3 Å². The third kappa shape index (κ3) is 3.26. The minimum atomic E-state index is -0.318. The molecule has 0 aliphatic heterocycles. The highest BCUT2D eigenvalue weighted by Gasteiger charge is 2.11. The number of aromatic hydroxyl groups is 1. The van der Waals surface area contributed by atoms with Crippen LogP contribution in [0.5, 0.6) is 5.75 Å². The van der Waals surface area contributed by atoms with Gasteiger partial charge in [0.2, 0.25) is 0 Å². The van der Waals surface area contributed by atoms with Crippen LogP contribution in [0.4, 0.5) is 0 Å². The molecule has 4 heteroatoms. The lowest BCUT2D eigenvalue weighted by Crippen LogP contribution is -2.23. The number of hydrogen-bond acceptors (Lipinski definition) is 2. The Kier molecular flexibility index (Phi) is 4.07. The van der Waals surface area contributed by atoms with E-state index in [4.69, 9.17) is 11.6 Å². The highest BCUT2D eigenvalue weighted by Crippen LogP contribution is 2.19. The van der Waals surface area contributed by atoms with Crippen molar-refractivity contribution in [1.82, 2.24) is 5.32 Å². The molecule has 19 heavy (non-hydrogen) atoms. The van der Waals surface area contributed by atoms with Crippen molar-refractivity contribution in [3.05, 3.63) is 64.2 Å². The number of phenols is 1. The average molecular weight is 276 g/mol. The third-order valence-electron chi connectivity index (χ3n) is 2.79. The number of hydrogen-bond donors (Lipinski definition) is 2. The lowest BCUT2D eigenvalue weighted by molar-refractivity contribution is 0.0948. The molecule has 0 aliphatic carbocycles. The van der Waals surface area contributed by atoms with E-state index < -0.39 is 0 Å². The molecule has 0 aromatic heterocycles. The molecule has 98 valence electrons. The van der Waals surface area contributed by atoms with Crippen LogP contribution in [0, 0.1) is 6.92 Å². The van der Waals surface area contributed by atoms with Crippen molar-refractivity contribution in [2.45, 2.75) is 13.5 Å². The summed E-state index contributed by atoms with van der Waals surface area (Å²) in [5, 5.41) is 13.0. The van der Waals surface area contributed by atoms with Crippen LogP contribution >= 0.6 is 11.6 Å². The zero-order chi connectivity index (χ0) is 13.8. The summed E-state index contributed by atoms with van der Waals surface area (Å²) in [6.45, 7) is 2.19. The second-order valence-corrected chi connectivity index (χ2v) is 4.70. The van der Waals surface area contributed by atoms with E-state index in [1.54, 1.807) is 18.2 Å². The van der Waals surface area contributed by atoms with Crippen molar-refractivity contribution in [2.75, 3.05) is 0 Å². The molecule has 2 N–H and O–H groups in total. The molecule has 0 radical (unpaired) electrons. The predicted molar refractivity (Wildman–Crippen MR) is 75.5 cm³/mol. The Hall–Kier alpha value is -2.00. The molecule has 2 aromatic carbocycles. The molecule has 0 spiro atoms. The lowest BCUT2D eigenvalue weighted by Gasteiger charge is -2.08. The molecule has 0 unspecified atom stereocenters. The second kappa shape index (κ2) is 5.76. The van der Waals surface area contributed by atoms with Crippen LogP contribution < -0.4 is 5.32 Å². The minimum absolute atomic E-state index is 0.0257. The van der Waals surface area contributed by atoms with Gasteiger partial charge in [-0.25, -0.2) is 0 Å². The van der Waals surface area contributed by atoms with Crippen LogP contribution in [0.3, 0.4) is 0 Å². The molecule has 0 fully saturated rings. The van der Waals surface area contributed by atoms with Crippen LogP contribution in [-0.4, -0.2) is 11.0 Å². The van der Waals surface area contributed by atoms with E-state index in [0.29, 0.717) is 11.6 Å². The van der Waals surface area contributed by atoms with E-state index in [9.17, 15) is 9.90 Å². The van der Waals surface area contributed by atoms with Gasteiger partial charge in [0, 0.05) is 11.6 Å². The van der Waals surface area contributed by atoms with Crippen molar-refractivity contribution in [2.24, 2.45) is 0 Å². The van der Waals surface area contributed by atoms with Gasteiger partial charge in [-0.1, -0.05) is 41.4 Å². The average Bonchev–Trinajstić information content (AvgIpc) is 2.40. The fourth-order valence-electron chi connectivity index (χ4n) is 1.74. The molecule has 0 saturated carbocycles. The fraction of sp³-hybridized carbons (Fsp3) is 0.133. The smallest absolute Gasteiger partial charge is 0.255 e. The normalized spacial score (nSPS) is 10.2. The molecule has 0 aliphatic rings. The van der Waals surface area contributed by atoms with Gasteiger partial charge in [0.15, 0.2) is 0 Å². The first-order chi connectivity index (χ1) is 9.08. The number of nitrogens with one attached hydrogen (secondary N) is 1. The highest BCUT2D eigenvalue weighted by atomic mass is 35.5. The molecule has 0 bridgehead atoms. The Morgan fingerprint density at radius 3 is 2.74 bits per heavy atom. The largest absolute Gasteiger partial charge is 0.507 e. The Labute approximate surface area is 116 Å². The summed E-state index contributed by atoms with van der Waals surface area (Å²) in [7, 11) is 0. The van der Waals surface area contributed by atoms with Crippen molar-refractivity contribution in [3.63, 3.8) is 0 Å². The van der Waals surface area contributed by atoms with Crippen molar-refractivity contribution < 1.29 is 9.90 Å². The fourth-order valence-corrected chi connectivity index (χ4v) is 1.95. The van der Waals surface area contributed by atoms with E-state index in [1.807, 2.05) is 25.1 Å². The number of benzene rings is 2. The van der Waals surface area contributed by atoms with Gasteiger partial charge < -0.3 is 10.4 Å². The van der Waals surface area contributed by atoms with Crippen LogP contribution in [0.15, 0.2) is 42.5 Å². The first-order valence-corrected chi connectivity index (χ1v) is 6.27. The number of phenolic OH excluding ortho intramolecular Hbond substituents is 1. The number of aryl methyl sites for hydroxylation is 1. The summed E-state index contributed by atoms with van der Waals surface area (Å²) in [5.41, 5.74) is 2.03.